The van der Waals surface area contributed by atoms with Crippen molar-refractivity contribution in [2.75, 3.05) is 23.8 Å². The van der Waals surface area contributed by atoms with Gasteiger partial charge in [0.2, 0.25) is 0 Å². The number of nitrogens with two attached hydrogens (primary N) is 1. The highest BCUT2D eigenvalue weighted by Crippen LogP contribution is 2.38. The van der Waals surface area contributed by atoms with Gasteiger partial charge in [-0.25, -0.2) is 13.8 Å². The van der Waals surface area contributed by atoms with Crippen LogP contribution in [0.2, 0.25) is 0 Å². The zero-order valence-electron chi connectivity index (χ0n) is 13.1. The summed E-state index contributed by atoms with van der Waals surface area (Å²) in [5.74, 6) is -0.0885. The minimum absolute atomic E-state index is 0.0996. The lowest BCUT2D eigenvalue weighted by Gasteiger charge is -2.31. The number of hydrogen-bond donors (Lipinski definition) is 1. The van der Waals surface area contributed by atoms with Crippen LogP contribution in [0.3, 0.4) is 0 Å². The molecule has 1 aromatic carbocycles. The van der Waals surface area contributed by atoms with Crippen molar-refractivity contribution in [1.29, 1.82) is 0 Å². The van der Waals surface area contributed by atoms with E-state index in [1.807, 2.05) is 11.0 Å². The summed E-state index contributed by atoms with van der Waals surface area (Å²) in [5, 5.41) is 0. The quantitative estimate of drug-likeness (QED) is 0.773. The van der Waals surface area contributed by atoms with Gasteiger partial charge in [0.25, 0.3) is 0 Å². The number of ether oxygens (including phenoxy) is 1. The number of hydrogen-bond acceptors (Lipinski definition) is 5. The molecule has 25 heavy (non-hydrogen) atoms. The average molecular weight is 340 g/mol. The molecule has 4 rings (SSSR count). The highest BCUT2D eigenvalue weighted by atomic mass is 19.1. The first-order valence-corrected chi connectivity index (χ1v) is 7.69. The first-order chi connectivity index (χ1) is 12.1. The van der Waals surface area contributed by atoms with Gasteiger partial charge < -0.3 is 15.4 Å². The van der Waals surface area contributed by atoms with Gasteiger partial charge in [-0.2, -0.15) is 0 Å². The third-order valence-electron chi connectivity index (χ3n) is 3.99. The van der Waals surface area contributed by atoms with E-state index in [9.17, 15) is 8.78 Å². The molecule has 0 fully saturated rings. The Balaban J connectivity index is 1.82. The Bertz CT molecular complexity index is 948. The van der Waals surface area contributed by atoms with Crippen molar-refractivity contribution in [3.63, 3.8) is 0 Å². The molecule has 2 aromatic heterocycles. The Labute approximate surface area is 142 Å². The SMILES string of the molecule is Nc1cc(N2CCOc3cnc(-c4cc(F)ccc4F)cc32)ccn1. The Kier molecular flexibility index (Phi) is 3.68. The van der Waals surface area contributed by atoms with Crippen LogP contribution >= 0.6 is 0 Å². The number of aromatic nitrogens is 2. The third-order valence-corrected chi connectivity index (χ3v) is 3.99. The van der Waals surface area contributed by atoms with E-state index in [2.05, 4.69) is 9.97 Å². The number of halogens is 2. The van der Waals surface area contributed by atoms with E-state index >= 15 is 0 Å². The van der Waals surface area contributed by atoms with Crippen molar-refractivity contribution in [3.8, 4) is 17.0 Å². The smallest absolute Gasteiger partial charge is 0.161 e. The molecule has 0 saturated heterocycles. The molecule has 0 aliphatic carbocycles. The maximum atomic E-state index is 14.1. The van der Waals surface area contributed by atoms with E-state index in [0.717, 1.165) is 23.9 Å². The maximum Gasteiger partial charge on any atom is 0.161 e. The Morgan fingerprint density at radius 3 is 2.80 bits per heavy atom. The van der Waals surface area contributed by atoms with Crippen LogP contribution < -0.4 is 15.4 Å². The van der Waals surface area contributed by atoms with Crippen LogP contribution in [0.5, 0.6) is 5.75 Å². The summed E-state index contributed by atoms with van der Waals surface area (Å²) >= 11 is 0. The lowest BCUT2D eigenvalue weighted by atomic mass is 10.1. The highest BCUT2D eigenvalue weighted by molar-refractivity contribution is 5.75. The van der Waals surface area contributed by atoms with Crippen LogP contribution in [0.1, 0.15) is 0 Å². The molecule has 0 unspecified atom stereocenters. The van der Waals surface area contributed by atoms with Crippen LogP contribution in [-0.2, 0) is 0 Å². The third kappa shape index (κ3) is 2.84. The monoisotopic (exact) mass is 340 g/mol. The van der Waals surface area contributed by atoms with E-state index in [1.165, 1.54) is 6.20 Å². The Morgan fingerprint density at radius 2 is 1.96 bits per heavy atom. The zero-order valence-corrected chi connectivity index (χ0v) is 13.1. The van der Waals surface area contributed by atoms with Crippen LogP contribution in [-0.4, -0.2) is 23.1 Å². The first-order valence-electron chi connectivity index (χ1n) is 7.69. The van der Waals surface area contributed by atoms with Crippen LogP contribution in [0.15, 0.2) is 48.8 Å². The highest BCUT2D eigenvalue weighted by Gasteiger charge is 2.22. The fourth-order valence-electron chi connectivity index (χ4n) is 2.84. The molecule has 0 atom stereocenters. The van der Waals surface area contributed by atoms with Gasteiger partial charge in [0.15, 0.2) is 5.75 Å². The van der Waals surface area contributed by atoms with Crippen molar-refractivity contribution in [2.45, 2.75) is 0 Å². The normalized spacial score (nSPS) is 13.3. The van der Waals surface area contributed by atoms with Gasteiger partial charge in [0.05, 0.1) is 24.1 Å². The van der Waals surface area contributed by atoms with Crippen molar-refractivity contribution >= 4 is 17.2 Å². The van der Waals surface area contributed by atoms with Gasteiger partial charge in [0, 0.05) is 23.5 Å². The fraction of sp³-hybridized carbons (Fsp3) is 0.111. The van der Waals surface area contributed by atoms with E-state index in [1.54, 1.807) is 18.3 Å². The number of fused-ring (bicyclic) bond motifs is 1. The Morgan fingerprint density at radius 1 is 1.08 bits per heavy atom. The van der Waals surface area contributed by atoms with Crippen molar-refractivity contribution in [3.05, 3.63) is 60.4 Å². The van der Waals surface area contributed by atoms with E-state index < -0.39 is 11.6 Å². The molecular formula is C18H14F2N4O. The number of pyridine rings is 2. The van der Waals surface area contributed by atoms with Crippen LogP contribution in [0, 0.1) is 11.6 Å². The Hall–Kier alpha value is -3.22. The molecule has 0 amide bonds. The van der Waals surface area contributed by atoms with Gasteiger partial charge in [-0.1, -0.05) is 0 Å². The van der Waals surface area contributed by atoms with E-state index in [0.29, 0.717) is 36.1 Å². The summed E-state index contributed by atoms with van der Waals surface area (Å²) in [6, 6.07) is 8.55. The largest absolute Gasteiger partial charge is 0.488 e. The topological polar surface area (TPSA) is 64.3 Å². The van der Waals surface area contributed by atoms with Gasteiger partial charge in [-0.15, -0.1) is 0 Å². The summed E-state index contributed by atoms with van der Waals surface area (Å²) in [6.45, 7) is 1.07. The second-order valence-corrected chi connectivity index (χ2v) is 5.60. The molecule has 5 nitrogen and oxygen atoms in total. The molecule has 126 valence electrons. The van der Waals surface area contributed by atoms with Gasteiger partial charge in [-0.05, 0) is 30.3 Å². The summed E-state index contributed by atoms with van der Waals surface area (Å²) in [5.41, 5.74) is 7.75. The maximum absolute atomic E-state index is 14.1. The van der Waals surface area contributed by atoms with Gasteiger partial charge >= 0.3 is 0 Å². The number of benzene rings is 1. The summed E-state index contributed by atoms with van der Waals surface area (Å²) in [4.78, 5) is 10.2. The molecule has 1 aliphatic heterocycles. The first kappa shape index (κ1) is 15.3. The van der Waals surface area contributed by atoms with Crippen molar-refractivity contribution < 1.29 is 13.5 Å². The molecule has 0 radical (unpaired) electrons. The molecule has 0 spiro atoms. The zero-order chi connectivity index (χ0) is 17.4. The van der Waals surface area contributed by atoms with E-state index in [-0.39, 0.29) is 5.56 Å². The van der Waals surface area contributed by atoms with Gasteiger partial charge in [-0.3, -0.25) is 4.98 Å². The molecular weight excluding hydrogens is 326 g/mol. The summed E-state index contributed by atoms with van der Waals surface area (Å²) in [7, 11) is 0. The molecule has 2 N–H and O–H groups in total. The van der Waals surface area contributed by atoms with Crippen molar-refractivity contribution in [1.82, 2.24) is 9.97 Å². The fourth-order valence-corrected chi connectivity index (χ4v) is 2.84. The molecule has 0 bridgehead atoms. The number of nitrogens with zero attached hydrogens (tertiary/aromatic N) is 3. The van der Waals surface area contributed by atoms with E-state index in [4.69, 9.17) is 10.5 Å². The van der Waals surface area contributed by atoms with Crippen molar-refractivity contribution in [2.24, 2.45) is 0 Å². The lowest BCUT2D eigenvalue weighted by Crippen LogP contribution is -2.28. The number of rotatable bonds is 2. The number of nitrogen functional groups attached to an aromatic ring is 1. The molecule has 3 heterocycles. The minimum atomic E-state index is -0.537. The molecule has 3 aromatic rings. The van der Waals surface area contributed by atoms with Gasteiger partial charge in [0.1, 0.15) is 24.1 Å². The predicted molar refractivity (Wildman–Crippen MR) is 90.7 cm³/mol. The predicted octanol–water partition coefficient (Wildman–Crippen LogP) is 3.53. The number of anilines is 3. The molecule has 0 saturated carbocycles. The second kappa shape index (κ2) is 6.01. The standard InChI is InChI=1S/C18H14F2N4O/c19-11-1-2-14(20)13(7-11)15-9-16-17(10-23-15)25-6-5-24(16)12-3-4-22-18(21)8-12/h1-4,7-10H,5-6H2,(H2,21,22). The minimum Gasteiger partial charge on any atom is -0.488 e. The summed E-state index contributed by atoms with van der Waals surface area (Å²) in [6.07, 6.45) is 3.14. The molecule has 1 aliphatic rings. The second-order valence-electron chi connectivity index (χ2n) is 5.60. The summed E-state index contributed by atoms with van der Waals surface area (Å²) < 4.78 is 33.2. The average Bonchev–Trinajstić information content (AvgIpc) is 2.63. The lowest BCUT2D eigenvalue weighted by molar-refractivity contribution is 0.313. The van der Waals surface area contributed by atoms with Crippen LogP contribution in [0.25, 0.3) is 11.3 Å². The molecule has 7 heteroatoms. The van der Waals surface area contributed by atoms with Crippen LogP contribution in [0.4, 0.5) is 26.0 Å².